The highest BCUT2D eigenvalue weighted by molar-refractivity contribution is 6.31. The lowest BCUT2D eigenvalue weighted by Crippen LogP contribution is -2.32. The van der Waals surface area contributed by atoms with Crippen LogP contribution in [0.25, 0.3) is 0 Å². The van der Waals surface area contributed by atoms with Crippen LogP contribution in [0.1, 0.15) is 15.9 Å². The highest BCUT2D eigenvalue weighted by Crippen LogP contribution is 2.31. The first-order chi connectivity index (χ1) is 12.9. The molecule has 0 saturated carbocycles. The Morgan fingerprint density at radius 2 is 2.07 bits per heavy atom. The van der Waals surface area contributed by atoms with Crippen molar-refractivity contribution in [2.45, 2.75) is 6.42 Å². The van der Waals surface area contributed by atoms with Crippen molar-refractivity contribution >= 4 is 40.5 Å². The lowest BCUT2D eigenvalue weighted by atomic mass is 10.1. The van der Waals surface area contributed by atoms with E-state index in [9.17, 15) is 19.7 Å². The number of ether oxygens (including phenoxy) is 1. The molecule has 0 atom stereocenters. The molecular formula is C18H16ClN3O5. The molecule has 2 amide bonds. The molecule has 27 heavy (non-hydrogen) atoms. The minimum Gasteiger partial charge on any atom is -0.375 e. The van der Waals surface area contributed by atoms with Gasteiger partial charge in [-0.1, -0.05) is 17.7 Å². The molecule has 1 heterocycles. The molecule has 0 spiro atoms. The second-order valence-corrected chi connectivity index (χ2v) is 6.38. The van der Waals surface area contributed by atoms with Crippen LogP contribution in [0.15, 0.2) is 36.4 Å². The predicted octanol–water partition coefficient (Wildman–Crippen LogP) is 3.04. The fourth-order valence-corrected chi connectivity index (χ4v) is 3.14. The Balaban J connectivity index is 1.87. The minimum atomic E-state index is -0.656. The maximum absolute atomic E-state index is 12.5. The number of hydrogen-bond donors (Lipinski definition) is 1. The van der Waals surface area contributed by atoms with Crippen LogP contribution in [0.2, 0.25) is 5.02 Å². The first kappa shape index (κ1) is 18.8. The average Bonchev–Trinajstić information content (AvgIpc) is 3.04. The summed E-state index contributed by atoms with van der Waals surface area (Å²) in [5, 5.41) is 14.0. The summed E-state index contributed by atoms with van der Waals surface area (Å²) in [7, 11) is 1.45. The summed E-state index contributed by atoms with van der Waals surface area (Å²) in [4.78, 5) is 36.8. The van der Waals surface area contributed by atoms with Crippen LogP contribution < -0.4 is 10.2 Å². The largest absolute Gasteiger partial charge is 0.375 e. The molecule has 1 aliphatic heterocycles. The van der Waals surface area contributed by atoms with Crippen molar-refractivity contribution in [3.63, 3.8) is 0 Å². The van der Waals surface area contributed by atoms with Crippen molar-refractivity contribution in [3.05, 3.63) is 62.7 Å². The zero-order valence-electron chi connectivity index (χ0n) is 14.4. The number of carbonyl (C=O) groups is 2. The molecule has 3 rings (SSSR count). The van der Waals surface area contributed by atoms with E-state index in [4.69, 9.17) is 16.3 Å². The number of fused-ring (bicyclic) bond motifs is 1. The lowest BCUT2D eigenvalue weighted by molar-refractivity contribution is -0.385. The molecule has 0 radical (unpaired) electrons. The molecule has 0 aliphatic carbocycles. The van der Waals surface area contributed by atoms with Crippen LogP contribution >= 0.6 is 11.6 Å². The summed E-state index contributed by atoms with van der Waals surface area (Å²) >= 11 is 5.87. The van der Waals surface area contributed by atoms with Gasteiger partial charge >= 0.3 is 0 Å². The monoisotopic (exact) mass is 389 g/mol. The Hall–Kier alpha value is -2.97. The first-order valence-corrected chi connectivity index (χ1v) is 8.46. The van der Waals surface area contributed by atoms with Crippen LogP contribution in [-0.2, 0) is 16.0 Å². The van der Waals surface area contributed by atoms with Crippen molar-refractivity contribution in [3.8, 4) is 0 Å². The zero-order chi connectivity index (χ0) is 19.6. The number of nitro benzene ring substituents is 1. The van der Waals surface area contributed by atoms with E-state index >= 15 is 0 Å². The zero-order valence-corrected chi connectivity index (χ0v) is 15.2. The maximum atomic E-state index is 12.5. The summed E-state index contributed by atoms with van der Waals surface area (Å²) < 4.78 is 4.89. The topological polar surface area (TPSA) is 102 Å². The minimum absolute atomic E-state index is 0.0370. The number of nitro groups is 1. The normalized spacial score (nSPS) is 12.6. The van der Waals surface area contributed by atoms with Crippen LogP contribution in [0, 0.1) is 10.1 Å². The number of carbonyl (C=O) groups excluding carboxylic acids is 2. The molecule has 1 N–H and O–H groups in total. The van der Waals surface area contributed by atoms with Gasteiger partial charge in [0.1, 0.15) is 12.2 Å². The number of methoxy groups -OCH3 is 1. The van der Waals surface area contributed by atoms with Gasteiger partial charge in [-0.3, -0.25) is 19.7 Å². The Morgan fingerprint density at radius 1 is 1.30 bits per heavy atom. The van der Waals surface area contributed by atoms with Crippen molar-refractivity contribution in [2.24, 2.45) is 0 Å². The molecule has 1 aliphatic rings. The molecule has 0 unspecified atom stereocenters. The molecule has 2 aromatic carbocycles. The molecule has 9 heteroatoms. The van der Waals surface area contributed by atoms with Gasteiger partial charge in [0.2, 0.25) is 0 Å². The van der Waals surface area contributed by atoms with Crippen LogP contribution in [0.4, 0.5) is 17.1 Å². The van der Waals surface area contributed by atoms with E-state index in [1.165, 1.54) is 25.3 Å². The van der Waals surface area contributed by atoms with E-state index in [2.05, 4.69) is 5.32 Å². The SMILES string of the molecule is COCC(=O)N1CCc2ccc(NC(=O)c3cc(Cl)ccc3[N+](=O)[O-])cc21. The summed E-state index contributed by atoms with van der Waals surface area (Å²) in [6.45, 7) is 0.499. The van der Waals surface area contributed by atoms with Crippen molar-refractivity contribution < 1.29 is 19.2 Å². The van der Waals surface area contributed by atoms with Gasteiger partial charge in [0.05, 0.1) is 4.92 Å². The molecule has 8 nitrogen and oxygen atoms in total. The highest BCUT2D eigenvalue weighted by atomic mass is 35.5. The summed E-state index contributed by atoms with van der Waals surface area (Å²) in [6.07, 6.45) is 0.707. The van der Waals surface area contributed by atoms with Crippen LogP contribution in [0.3, 0.4) is 0 Å². The quantitative estimate of drug-likeness (QED) is 0.625. The van der Waals surface area contributed by atoms with Crippen molar-refractivity contribution in [2.75, 3.05) is 30.5 Å². The number of amides is 2. The molecule has 0 saturated heterocycles. The van der Waals surface area contributed by atoms with Gasteiger partial charge in [-0.2, -0.15) is 0 Å². The van der Waals surface area contributed by atoms with Gasteiger partial charge < -0.3 is 15.0 Å². The maximum Gasteiger partial charge on any atom is 0.282 e. The van der Waals surface area contributed by atoms with Gasteiger partial charge in [-0.05, 0) is 36.2 Å². The fourth-order valence-electron chi connectivity index (χ4n) is 2.97. The number of nitrogens with zero attached hydrogens (tertiary/aromatic N) is 2. The van der Waals surface area contributed by atoms with E-state index in [1.807, 2.05) is 6.07 Å². The Kier molecular flexibility index (Phi) is 5.38. The second-order valence-electron chi connectivity index (χ2n) is 5.94. The Bertz CT molecular complexity index is 931. The van der Waals surface area contributed by atoms with Crippen molar-refractivity contribution in [1.82, 2.24) is 0 Å². The highest BCUT2D eigenvalue weighted by Gasteiger charge is 2.26. The van der Waals surface area contributed by atoms with Gasteiger partial charge in [0, 0.05) is 36.1 Å². The average molecular weight is 390 g/mol. The van der Waals surface area contributed by atoms with Gasteiger partial charge in [-0.25, -0.2) is 0 Å². The third-order valence-electron chi connectivity index (χ3n) is 4.21. The van der Waals surface area contributed by atoms with Gasteiger partial charge in [-0.15, -0.1) is 0 Å². The van der Waals surface area contributed by atoms with E-state index in [0.717, 1.165) is 5.56 Å². The van der Waals surface area contributed by atoms with E-state index in [0.29, 0.717) is 24.3 Å². The number of anilines is 2. The third kappa shape index (κ3) is 3.91. The number of halogens is 1. The molecule has 0 aromatic heterocycles. The second kappa shape index (κ2) is 7.73. The number of rotatable bonds is 5. The molecule has 0 fully saturated rings. The molecule has 140 valence electrons. The number of benzene rings is 2. The Labute approximate surface area is 159 Å². The third-order valence-corrected chi connectivity index (χ3v) is 4.44. The van der Waals surface area contributed by atoms with Gasteiger partial charge in [0.25, 0.3) is 17.5 Å². The van der Waals surface area contributed by atoms with Crippen LogP contribution in [-0.4, -0.2) is 37.0 Å². The van der Waals surface area contributed by atoms with E-state index in [1.54, 1.807) is 17.0 Å². The summed E-state index contributed by atoms with van der Waals surface area (Å²) in [5.41, 5.74) is 1.61. The van der Waals surface area contributed by atoms with Crippen LogP contribution in [0.5, 0.6) is 0 Å². The van der Waals surface area contributed by atoms with Gasteiger partial charge in [0.15, 0.2) is 0 Å². The Morgan fingerprint density at radius 3 is 2.78 bits per heavy atom. The number of nitrogens with one attached hydrogen (secondary N) is 1. The summed E-state index contributed by atoms with van der Waals surface area (Å²) in [6, 6.07) is 8.96. The molecule has 2 aromatic rings. The fraction of sp³-hybridized carbons (Fsp3) is 0.222. The standard InChI is InChI=1S/C18H16ClN3O5/c1-27-10-17(23)21-7-6-11-2-4-13(9-16(11)21)20-18(24)14-8-12(19)3-5-15(14)22(25)26/h2-5,8-9H,6-7,10H2,1H3,(H,20,24). The van der Waals surface area contributed by atoms with Crippen molar-refractivity contribution in [1.29, 1.82) is 0 Å². The predicted molar refractivity (Wildman–Crippen MR) is 100 cm³/mol. The van der Waals surface area contributed by atoms with E-state index < -0.39 is 10.8 Å². The summed E-state index contributed by atoms with van der Waals surface area (Å²) in [5.74, 6) is -0.831. The lowest BCUT2D eigenvalue weighted by Gasteiger charge is -2.17. The smallest absolute Gasteiger partial charge is 0.282 e. The number of hydrogen-bond acceptors (Lipinski definition) is 5. The molecular weight excluding hydrogens is 374 g/mol. The van der Waals surface area contributed by atoms with E-state index in [-0.39, 0.29) is 28.8 Å². The molecule has 0 bridgehead atoms. The first-order valence-electron chi connectivity index (χ1n) is 8.08.